The summed E-state index contributed by atoms with van der Waals surface area (Å²) in [5.41, 5.74) is 4.15. The number of amides is 1. The van der Waals surface area contributed by atoms with Crippen LogP contribution in [0.15, 0.2) is 41.1 Å². The van der Waals surface area contributed by atoms with E-state index in [1.165, 1.54) is 10.4 Å². The van der Waals surface area contributed by atoms with Gasteiger partial charge < -0.3 is 4.90 Å². The van der Waals surface area contributed by atoms with Gasteiger partial charge >= 0.3 is 0 Å². The van der Waals surface area contributed by atoms with E-state index in [-0.39, 0.29) is 11.9 Å². The van der Waals surface area contributed by atoms with Crippen molar-refractivity contribution >= 4 is 28.6 Å². The lowest BCUT2D eigenvalue weighted by molar-refractivity contribution is 0.0679. The first-order valence-electron chi connectivity index (χ1n) is 8.03. The smallest absolute Gasteiger partial charge is 0.254 e. The highest BCUT2D eigenvalue weighted by molar-refractivity contribution is 7.13. The first-order valence-corrected chi connectivity index (χ1v) is 9.79. The third-order valence-electron chi connectivity index (χ3n) is 4.54. The van der Waals surface area contributed by atoms with Gasteiger partial charge in [0.05, 0.1) is 6.04 Å². The second-order valence-electron chi connectivity index (χ2n) is 6.10. The van der Waals surface area contributed by atoms with Crippen molar-refractivity contribution in [2.75, 3.05) is 6.54 Å². The lowest BCUT2D eigenvalue weighted by Crippen LogP contribution is -2.38. The lowest BCUT2D eigenvalue weighted by Gasteiger charge is -2.33. The van der Waals surface area contributed by atoms with Crippen molar-refractivity contribution in [3.63, 3.8) is 0 Å². The maximum atomic E-state index is 12.9. The molecule has 0 radical (unpaired) electrons. The Balaban J connectivity index is 1.57. The summed E-state index contributed by atoms with van der Waals surface area (Å²) < 4.78 is 0. The number of nitrogens with zero attached hydrogens (tertiary/aromatic N) is 2. The average molecular weight is 354 g/mol. The van der Waals surface area contributed by atoms with Gasteiger partial charge in [0.2, 0.25) is 0 Å². The van der Waals surface area contributed by atoms with Gasteiger partial charge in [-0.2, -0.15) is 0 Å². The monoisotopic (exact) mass is 354 g/mol. The number of hydrogen-bond acceptors (Lipinski definition) is 4. The summed E-state index contributed by atoms with van der Waals surface area (Å²) in [4.78, 5) is 20.8. The summed E-state index contributed by atoms with van der Waals surface area (Å²) in [6.45, 7) is 4.91. The number of carbonyl (C=O) groups excluding carboxylic acids is 1. The zero-order chi connectivity index (χ0) is 16.7. The second-order valence-corrected chi connectivity index (χ2v) is 7.95. The number of fused-ring (bicyclic) bond motifs is 1. The van der Waals surface area contributed by atoms with Crippen LogP contribution in [0, 0.1) is 6.92 Å². The molecule has 2 aromatic heterocycles. The van der Waals surface area contributed by atoms with Crippen molar-refractivity contribution in [1.82, 2.24) is 9.88 Å². The first-order chi connectivity index (χ1) is 11.6. The van der Waals surface area contributed by atoms with Gasteiger partial charge in [-0.25, -0.2) is 4.98 Å². The fourth-order valence-electron chi connectivity index (χ4n) is 3.19. The quantitative estimate of drug-likeness (QED) is 0.653. The van der Waals surface area contributed by atoms with Gasteiger partial charge in [-0.3, -0.25) is 4.79 Å². The molecule has 3 aromatic rings. The zero-order valence-electron chi connectivity index (χ0n) is 13.7. The van der Waals surface area contributed by atoms with E-state index in [0.29, 0.717) is 0 Å². The first kappa shape index (κ1) is 15.5. The molecule has 3 heterocycles. The SMILES string of the molecule is Cc1csc(-c2ccc(C(=O)N3CCc4sccc4C3C)cc2)n1. The predicted molar refractivity (Wildman–Crippen MR) is 99.8 cm³/mol. The van der Waals surface area contributed by atoms with Crippen molar-refractivity contribution in [2.24, 2.45) is 0 Å². The highest BCUT2D eigenvalue weighted by Crippen LogP contribution is 2.34. The molecule has 4 rings (SSSR count). The van der Waals surface area contributed by atoms with Crippen LogP contribution in [0.5, 0.6) is 0 Å². The van der Waals surface area contributed by atoms with E-state index in [0.717, 1.165) is 34.8 Å². The van der Waals surface area contributed by atoms with Crippen LogP contribution in [0.1, 0.15) is 39.5 Å². The molecule has 1 atom stereocenters. The molecule has 1 aliphatic rings. The number of rotatable bonds is 2. The summed E-state index contributed by atoms with van der Waals surface area (Å²) in [5, 5.41) is 5.17. The lowest BCUT2D eigenvalue weighted by atomic mass is 10.00. The van der Waals surface area contributed by atoms with Crippen molar-refractivity contribution < 1.29 is 4.79 Å². The number of carbonyl (C=O) groups is 1. The van der Waals surface area contributed by atoms with Crippen LogP contribution >= 0.6 is 22.7 Å². The number of thiazole rings is 1. The summed E-state index contributed by atoms with van der Waals surface area (Å²) in [5.74, 6) is 0.112. The van der Waals surface area contributed by atoms with Crippen LogP contribution in [0.3, 0.4) is 0 Å². The van der Waals surface area contributed by atoms with Gasteiger partial charge in [-0.1, -0.05) is 12.1 Å². The third kappa shape index (κ3) is 2.68. The Morgan fingerprint density at radius 2 is 2.00 bits per heavy atom. The topological polar surface area (TPSA) is 33.2 Å². The predicted octanol–water partition coefficient (Wildman–Crippen LogP) is 4.94. The van der Waals surface area contributed by atoms with E-state index in [4.69, 9.17) is 0 Å². The van der Waals surface area contributed by atoms with Gasteiger partial charge in [0.15, 0.2) is 0 Å². The van der Waals surface area contributed by atoms with E-state index in [1.807, 2.05) is 41.5 Å². The Labute approximate surface area is 149 Å². The number of aryl methyl sites for hydroxylation is 1. The molecule has 1 aromatic carbocycles. The van der Waals surface area contributed by atoms with Gasteiger partial charge in [0.1, 0.15) is 5.01 Å². The highest BCUT2D eigenvalue weighted by Gasteiger charge is 2.28. The van der Waals surface area contributed by atoms with Crippen LogP contribution in [0.25, 0.3) is 10.6 Å². The van der Waals surface area contributed by atoms with E-state index >= 15 is 0 Å². The Kier molecular flexibility index (Phi) is 3.98. The Hall–Kier alpha value is -1.98. The van der Waals surface area contributed by atoms with Crippen LogP contribution in [-0.2, 0) is 6.42 Å². The summed E-state index contributed by atoms with van der Waals surface area (Å²) >= 11 is 3.43. The van der Waals surface area contributed by atoms with E-state index in [9.17, 15) is 4.79 Å². The molecule has 0 spiro atoms. The van der Waals surface area contributed by atoms with Gasteiger partial charge in [-0.05, 0) is 49.4 Å². The molecule has 5 heteroatoms. The minimum absolute atomic E-state index is 0.112. The number of aromatic nitrogens is 1. The molecule has 0 bridgehead atoms. The van der Waals surface area contributed by atoms with Crippen molar-refractivity contribution in [3.05, 3.63) is 62.8 Å². The van der Waals surface area contributed by atoms with E-state index in [1.54, 1.807) is 22.7 Å². The average Bonchev–Trinajstić information content (AvgIpc) is 3.24. The van der Waals surface area contributed by atoms with Crippen molar-refractivity contribution in [1.29, 1.82) is 0 Å². The number of benzene rings is 1. The molecule has 0 fully saturated rings. The van der Waals surface area contributed by atoms with E-state index < -0.39 is 0 Å². The maximum absolute atomic E-state index is 12.9. The molecule has 1 aliphatic heterocycles. The molecule has 0 aliphatic carbocycles. The van der Waals surface area contributed by atoms with Crippen LogP contribution in [0.2, 0.25) is 0 Å². The molecule has 0 saturated carbocycles. The molecular formula is C19H18N2OS2. The van der Waals surface area contributed by atoms with Crippen LogP contribution < -0.4 is 0 Å². The summed E-state index contributed by atoms with van der Waals surface area (Å²) in [7, 11) is 0. The minimum Gasteiger partial charge on any atom is -0.331 e. The van der Waals surface area contributed by atoms with Gasteiger partial charge in [0.25, 0.3) is 5.91 Å². The van der Waals surface area contributed by atoms with Gasteiger partial charge in [-0.15, -0.1) is 22.7 Å². The van der Waals surface area contributed by atoms with E-state index in [2.05, 4.69) is 23.4 Å². The summed E-state index contributed by atoms with van der Waals surface area (Å²) in [6, 6.07) is 10.1. The zero-order valence-corrected chi connectivity index (χ0v) is 15.3. The molecule has 24 heavy (non-hydrogen) atoms. The van der Waals surface area contributed by atoms with Crippen molar-refractivity contribution in [2.45, 2.75) is 26.3 Å². The molecular weight excluding hydrogens is 336 g/mol. The molecule has 3 nitrogen and oxygen atoms in total. The second kappa shape index (κ2) is 6.15. The largest absolute Gasteiger partial charge is 0.331 e. The normalized spacial score (nSPS) is 16.9. The van der Waals surface area contributed by atoms with Gasteiger partial charge in [0, 0.05) is 33.6 Å². The molecule has 1 unspecified atom stereocenters. The molecule has 1 amide bonds. The molecule has 0 N–H and O–H groups in total. The van der Waals surface area contributed by atoms with Crippen LogP contribution in [-0.4, -0.2) is 22.3 Å². The van der Waals surface area contributed by atoms with Crippen LogP contribution in [0.4, 0.5) is 0 Å². The fraction of sp³-hybridized carbons (Fsp3) is 0.263. The third-order valence-corrected chi connectivity index (χ3v) is 6.54. The Bertz CT molecular complexity index is 879. The standard InChI is InChI=1S/C19H18N2OS2/c1-12-11-24-18(20-12)14-3-5-15(6-4-14)19(22)21-9-7-17-16(13(21)2)8-10-23-17/h3-6,8,10-11,13H,7,9H2,1-2H3. The minimum atomic E-state index is 0.112. The maximum Gasteiger partial charge on any atom is 0.254 e. The Morgan fingerprint density at radius 1 is 1.21 bits per heavy atom. The molecule has 122 valence electrons. The number of thiophene rings is 1. The highest BCUT2D eigenvalue weighted by atomic mass is 32.1. The summed E-state index contributed by atoms with van der Waals surface area (Å²) in [6.07, 6.45) is 0.958. The Morgan fingerprint density at radius 3 is 2.71 bits per heavy atom. The number of hydrogen-bond donors (Lipinski definition) is 0. The van der Waals surface area contributed by atoms with Crippen molar-refractivity contribution in [3.8, 4) is 10.6 Å². The fourth-order valence-corrected chi connectivity index (χ4v) is 4.96. The molecule has 0 saturated heterocycles.